The number of rotatable bonds is 2. The zero-order chi connectivity index (χ0) is 20.0. The van der Waals surface area contributed by atoms with Crippen LogP contribution in [0.5, 0.6) is 11.5 Å². The smallest absolute Gasteiger partial charge is 0.424 e. The van der Waals surface area contributed by atoms with Crippen LogP contribution in [0.2, 0.25) is 5.02 Å². The highest BCUT2D eigenvalue weighted by Crippen LogP contribution is 2.46. The summed E-state index contributed by atoms with van der Waals surface area (Å²) in [5, 5.41) is 4.32. The van der Waals surface area contributed by atoms with Crippen molar-refractivity contribution >= 4 is 39.2 Å². The van der Waals surface area contributed by atoms with Crippen molar-refractivity contribution in [2.75, 3.05) is 5.32 Å². The van der Waals surface area contributed by atoms with Crippen molar-refractivity contribution in [3.63, 3.8) is 0 Å². The number of halogens is 5. The molecule has 2 aromatic carbocycles. The van der Waals surface area contributed by atoms with Crippen molar-refractivity contribution in [1.29, 1.82) is 0 Å². The summed E-state index contributed by atoms with van der Waals surface area (Å²) in [6.07, 6.45) is -5.06. The van der Waals surface area contributed by atoms with Gasteiger partial charge in [-0.1, -0.05) is 27.5 Å². The monoisotopic (exact) mass is 464 g/mol. The van der Waals surface area contributed by atoms with E-state index in [2.05, 4.69) is 21.2 Å². The van der Waals surface area contributed by atoms with Crippen LogP contribution in [-0.2, 0) is 0 Å². The van der Waals surface area contributed by atoms with Crippen molar-refractivity contribution in [2.24, 2.45) is 0 Å². The van der Waals surface area contributed by atoms with Gasteiger partial charge in [-0.3, -0.25) is 5.32 Å². The lowest BCUT2D eigenvalue weighted by Gasteiger charge is -2.29. The fraction of sp³-hybridized carbons (Fsp3) is 0.235. The fourth-order valence-corrected chi connectivity index (χ4v) is 3.47. The lowest BCUT2D eigenvalue weighted by molar-refractivity contribution is -0.317. The summed E-state index contributed by atoms with van der Waals surface area (Å²) in [4.78, 5) is 12.3. The second kappa shape index (κ2) is 6.79. The van der Waals surface area contributed by atoms with Crippen LogP contribution in [0.1, 0.15) is 11.1 Å². The molecule has 5 nitrogen and oxygen atoms in total. The quantitative estimate of drug-likeness (QED) is 0.613. The molecule has 27 heavy (non-hydrogen) atoms. The lowest BCUT2D eigenvalue weighted by atomic mass is 10.1. The third-order valence-electron chi connectivity index (χ3n) is 3.80. The number of aryl methyl sites for hydroxylation is 2. The first-order chi connectivity index (χ1) is 12.5. The number of ether oxygens (including phenoxy) is 2. The molecule has 2 aromatic rings. The van der Waals surface area contributed by atoms with E-state index in [1.807, 2.05) is 0 Å². The molecule has 2 N–H and O–H groups in total. The molecule has 1 aliphatic rings. The normalized spacial score (nSPS) is 18.3. The van der Waals surface area contributed by atoms with E-state index < -0.39 is 18.1 Å². The lowest BCUT2D eigenvalue weighted by Crippen LogP contribution is -2.65. The second-order valence-electron chi connectivity index (χ2n) is 5.90. The zero-order valence-corrected chi connectivity index (χ0v) is 16.3. The van der Waals surface area contributed by atoms with Crippen LogP contribution in [0.3, 0.4) is 0 Å². The van der Waals surface area contributed by atoms with Gasteiger partial charge in [0.05, 0.1) is 0 Å². The molecule has 144 valence electrons. The first-order valence-electron chi connectivity index (χ1n) is 7.61. The highest BCUT2D eigenvalue weighted by atomic mass is 79.9. The van der Waals surface area contributed by atoms with Gasteiger partial charge in [-0.25, -0.2) is 4.79 Å². The van der Waals surface area contributed by atoms with Gasteiger partial charge in [0.15, 0.2) is 11.5 Å². The number of hydrogen-bond acceptors (Lipinski definition) is 3. The minimum Gasteiger partial charge on any atom is -0.424 e. The Labute approximate surface area is 165 Å². The van der Waals surface area contributed by atoms with Crippen LogP contribution in [0.4, 0.5) is 23.7 Å². The molecule has 0 bridgehead atoms. The summed E-state index contributed by atoms with van der Waals surface area (Å²) in [5.74, 6) is -3.77. The summed E-state index contributed by atoms with van der Waals surface area (Å²) < 4.78 is 51.6. The van der Waals surface area contributed by atoms with Gasteiger partial charge in [-0.2, -0.15) is 13.2 Å². The number of hydrogen-bond donors (Lipinski definition) is 2. The Morgan fingerprint density at radius 2 is 1.70 bits per heavy atom. The maximum atomic E-state index is 13.7. The number of alkyl halides is 3. The highest BCUT2D eigenvalue weighted by molar-refractivity contribution is 9.10. The Bertz CT molecular complexity index is 900. The van der Waals surface area contributed by atoms with Crippen molar-refractivity contribution in [3.05, 3.63) is 51.0 Å². The summed E-state index contributed by atoms with van der Waals surface area (Å²) >= 11 is 9.08. The Hall–Kier alpha value is -2.13. The average Bonchev–Trinajstić information content (AvgIpc) is 2.89. The molecule has 10 heteroatoms. The number of urea groups is 1. The Balaban J connectivity index is 1.86. The predicted molar refractivity (Wildman–Crippen MR) is 97.3 cm³/mol. The van der Waals surface area contributed by atoms with E-state index in [1.54, 1.807) is 31.3 Å². The van der Waals surface area contributed by atoms with Crippen LogP contribution >= 0.6 is 27.5 Å². The maximum absolute atomic E-state index is 13.7. The van der Waals surface area contributed by atoms with E-state index in [1.165, 1.54) is 18.2 Å². The van der Waals surface area contributed by atoms with E-state index in [4.69, 9.17) is 21.1 Å². The summed E-state index contributed by atoms with van der Waals surface area (Å²) in [5.41, 5.74) is 1.72. The van der Waals surface area contributed by atoms with E-state index >= 15 is 0 Å². The Morgan fingerprint density at radius 3 is 2.30 bits per heavy atom. The average molecular weight is 466 g/mol. The summed E-state index contributed by atoms with van der Waals surface area (Å²) in [7, 11) is 0. The number of anilines is 1. The first-order valence-corrected chi connectivity index (χ1v) is 8.78. The minimum atomic E-state index is -5.06. The van der Waals surface area contributed by atoms with Gasteiger partial charge < -0.3 is 14.8 Å². The molecule has 1 heterocycles. The third kappa shape index (κ3) is 3.79. The molecule has 0 aliphatic carbocycles. The Kier molecular flexibility index (Phi) is 4.94. The molecule has 0 saturated heterocycles. The number of fused-ring (bicyclic) bond motifs is 1. The molecule has 0 fully saturated rings. The van der Waals surface area contributed by atoms with Crippen LogP contribution in [0, 0.1) is 13.8 Å². The molecule has 0 unspecified atom stereocenters. The topological polar surface area (TPSA) is 59.6 Å². The highest BCUT2D eigenvalue weighted by Gasteiger charge is 2.65. The molecule has 3 rings (SSSR count). The van der Waals surface area contributed by atoms with Crippen molar-refractivity contribution in [3.8, 4) is 11.5 Å². The van der Waals surface area contributed by atoms with Gasteiger partial charge in [-0.05, 0) is 49.2 Å². The molecule has 0 spiro atoms. The summed E-state index contributed by atoms with van der Waals surface area (Å²) in [6, 6.07) is 6.07. The molecule has 0 saturated carbocycles. The van der Waals surface area contributed by atoms with E-state index in [9.17, 15) is 18.0 Å². The second-order valence-corrected chi connectivity index (χ2v) is 7.26. The summed E-state index contributed by atoms with van der Waals surface area (Å²) in [6.45, 7) is 3.43. The minimum absolute atomic E-state index is 0.167. The standard InChI is InChI=1S/C17H13BrClF3N2O3/c1-8-5-10(18)6-9(2)14(8)23-15(25)24-17(16(20,21)22)26-12-4-3-11(19)7-13(12)27-17/h3-7H,1-2H3,(H2,23,24,25)/t17-/m1/s1. The van der Waals surface area contributed by atoms with Gasteiger partial charge >= 0.3 is 18.1 Å². The fourth-order valence-electron chi connectivity index (χ4n) is 2.62. The van der Waals surface area contributed by atoms with Crippen molar-refractivity contribution in [1.82, 2.24) is 5.32 Å². The van der Waals surface area contributed by atoms with Gasteiger partial charge in [0.25, 0.3) is 0 Å². The molecule has 1 atom stereocenters. The number of benzene rings is 2. The van der Waals surface area contributed by atoms with Crippen LogP contribution in [0.15, 0.2) is 34.8 Å². The number of amides is 2. The largest absolute Gasteiger partial charge is 0.492 e. The van der Waals surface area contributed by atoms with Gasteiger partial charge in [0, 0.05) is 21.2 Å². The molecular formula is C17H13BrClF3N2O3. The first kappa shape index (κ1) is 19.6. The van der Waals surface area contributed by atoms with E-state index in [-0.39, 0.29) is 16.5 Å². The number of carbonyl (C=O) groups is 1. The maximum Gasteiger partial charge on any atom is 0.492 e. The van der Waals surface area contributed by atoms with Gasteiger partial charge in [0.2, 0.25) is 0 Å². The van der Waals surface area contributed by atoms with Gasteiger partial charge in [0.1, 0.15) is 0 Å². The zero-order valence-electron chi connectivity index (χ0n) is 14.0. The predicted octanol–water partition coefficient (Wildman–Crippen LogP) is 5.53. The van der Waals surface area contributed by atoms with Crippen LogP contribution < -0.4 is 20.1 Å². The molecule has 0 radical (unpaired) electrons. The molecule has 0 aromatic heterocycles. The number of carbonyl (C=O) groups excluding carboxylic acids is 1. The molecular weight excluding hydrogens is 453 g/mol. The van der Waals surface area contributed by atoms with Crippen molar-refractivity contribution < 1.29 is 27.4 Å². The van der Waals surface area contributed by atoms with Gasteiger partial charge in [-0.15, -0.1) is 0 Å². The SMILES string of the molecule is Cc1cc(Br)cc(C)c1NC(=O)N[C@]1(C(F)(F)F)Oc2ccc(Cl)cc2O1. The molecule has 2 amide bonds. The molecule has 1 aliphatic heterocycles. The van der Waals surface area contributed by atoms with Crippen LogP contribution in [0.25, 0.3) is 0 Å². The van der Waals surface area contributed by atoms with Crippen molar-refractivity contribution in [2.45, 2.75) is 25.9 Å². The van der Waals surface area contributed by atoms with Crippen LogP contribution in [-0.4, -0.2) is 18.1 Å². The number of nitrogens with one attached hydrogen (secondary N) is 2. The van der Waals surface area contributed by atoms with E-state index in [0.29, 0.717) is 16.8 Å². The van der Waals surface area contributed by atoms with E-state index in [0.717, 1.165) is 4.47 Å². The Morgan fingerprint density at radius 1 is 1.11 bits per heavy atom. The third-order valence-corrected chi connectivity index (χ3v) is 4.49.